The molecule has 0 bridgehead atoms. The first-order valence-corrected chi connectivity index (χ1v) is 4.59. The predicted octanol–water partition coefficient (Wildman–Crippen LogP) is 1.11. The van der Waals surface area contributed by atoms with E-state index in [1.165, 1.54) is 0 Å². The zero-order valence-corrected chi connectivity index (χ0v) is 7.94. The van der Waals surface area contributed by atoms with Gasteiger partial charge in [-0.3, -0.25) is 5.41 Å². The topological polar surface area (TPSA) is 28.8 Å². The summed E-state index contributed by atoms with van der Waals surface area (Å²) in [5.41, 5.74) is 2.62. The van der Waals surface area contributed by atoms with Crippen molar-refractivity contribution in [2.75, 3.05) is 7.05 Å². The van der Waals surface area contributed by atoms with Gasteiger partial charge in [-0.15, -0.1) is 0 Å². The Morgan fingerprint density at radius 1 is 1.50 bits per heavy atom. The number of likely N-dealkylation sites (N-methyl/N-ethyl adjacent to an activating group) is 1. The fourth-order valence-electron chi connectivity index (χ4n) is 2.07. The van der Waals surface area contributed by atoms with Gasteiger partial charge in [-0.2, -0.15) is 0 Å². The SMILES string of the molecule is C[N+]12[B]n3cccc3C(=N)C1=CC=C2. The highest BCUT2D eigenvalue weighted by molar-refractivity contribution is 6.32. The molecule has 14 heavy (non-hydrogen) atoms. The Morgan fingerprint density at radius 3 is 3.21 bits per heavy atom. The van der Waals surface area contributed by atoms with Gasteiger partial charge in [0, 0.05) is 6.08 Å². The highest BCUT2D eigenvalue weighted by atomic mass is 15.3. The Hall–Kier alpha value is -1.55. The van der Waals surface area contributed by atoms with Crippen LogP contribution in [0.15, 0.2) is 42.4 Å². The minimum absolute atomic E-state index is 0.598. The molecule has 3 heterocycles. The van der Waals surface area contributed by atoms with E-state index in [4.69, 9.17) is 5.41 Å². The minimum Gasteiger partial charge on any atom is -0.332 e. The fourth-order valence-corrected chi connectivity index (χ4v) is 2.07. The molecule has 0 aliphatic carbocycles. The molecule has 67 valence electrons. The first-order chi connectivity index (χ1) is 6.71. The summed E-state index contributed by atoms with van der Waals surface area (Å²) in [4.78, 5) is 0. The predicted molar refractivity (Wildman–Crippen MR) is 55.8 cm³/mol. The Bertz CT molecular complexity index is 483. The Balaban J connectivity index is 2.23. The molecule has 0 saturated heterocycles. The zero-order chi connectivity index (χ0) is 9.76. The van der Waals surface area contributed by atoms with Crippen LogP contribution in [0.2, 0.25) is 0 Å². The molecule has 1 aromatic heterocycles. The molecule has 4 heteroatoms. The minimum atomic E-state index is 0.598. The van der Waals surface area contributed by atoms with Gasteiger partial charge < -0.3 is 8.87 Å². The van der Waals surface area contributed by atoms with E-state index >= 15 is 0 Å². The summed E-state index contributed by atoms with van der Waals surface area (Å²) in [7, 11) is 4.18. The smallest absolute Gasteiger partial charge is 0.332 e. The van der Waals surface area contributed by atoms with Gasteiger partial charge in [-0.1, -0.05) is 0 Å². The molecule has 1 radical (unpaired) electrons. The lowest BCUT2D eigenvalue weighted by molar-refractivity contribution is -0.694. The molecule has 0 spiro atoms. The maximum atomic E-state index is 8.08. The summed E-state index contributed by atoms with van der Waals surface area (Å²) in [6, 6.07) is 3.94. The average molecular weight is 183 g/mol. The van der Waals surface area contributed by atoms with Crippen LogP contribution in [0, 0.1) is 5.41 Å². The van der Waals surface area contributed by atoms with E-state index in [1.54, 1.807) is 0 Å². The van der Waals surface area contributed by atoms with Gasteiger partial charge >= 0.3 is 7.55 Å². The van der Waals surface area contributed by atoms with Gasteiger partial charge in [0.15, 0.2) is 0 Å². The number of hydrogen-bond acceptors (Lipinski definition) is 1. The number of aromatic nitrogens is 1. The second-order valence-corrected chi connectivity index (χ2v) is 3.83. The summed E-state index contributed by atoms with van der Waals surface area (Å²) in [6.45, 7) is 0. The van der Waals surface area contributed by atoms with Crippen LogP contribution >= 0.6 is 0 Å². The van der Waals surface area contributed by atoms with E-state index in [-0.39, 0.29) is 0 Å². The van der Waals surface area contributed by atoms with Crippen molar-refractivity contribution in [1.82, 2.24) is 4.48 Å². The Morgan fingerprint density at radius 2 is 2.36 bits per heavy atom. The molecule has 1 N–H and O–H groups in total. The fraction of sp³-hybridized carbons (Fsp3) is 0.100. The molecule has 3 nitrogen and oxygen atoms in total. The van der Waals surface area contributed by atoms with Crippen molar-refractivity contribution in [3.63, 3.8) is 0 Å². The highest BCUT2D eigenvalue weighted by Crippen LogP contribution is 2.28. The first kappa shape index (κ1) is 7.82. The molecule has 1 aromatic rings. The van der Waals surface area contributed by atoms with Crippen LogP contribution in [-0.4, -0.2) is 29.2 Å². The quantitative estimate of drug-likeness (QED) is 0.583. The second-order valence-electron chi connectivity index (χ2n) is 3.83. The van der Waals surface area contributed by atoms with Crippen molar-refractivity contribution in [3.8, 4) is 0 Å². The maximum Gasteiger partial charge on any atom is 0.613 e. The third kappa shape index (κ3) is 0.787. The molecule has 2 aliphatic heterocycles. The van der Waals surface area contributed by atoms with E-state index in [0.29, 0.717) is 10.1 Å². The van der Waals surface area contributed by atoms with Crippen LogP contribution < -0.4 is 0 Å². The summed E-state index contributed by atoms with van der Waals surface area (Å²) in [5.74, 6) is 0. The molecule has 0 saturated carbocycles. The lowest BCUT2D eigenvalue weighted by Crippen LogP contribution is -2.50. The number of allylic oxidation sites excluding steroid dienone is 3. The number of nitrogens with zero attached hydrogens (tertiary/aromatic N) is 2. The Kier molecular flexibility index (Phi) is 1.27. The lowest BCUT2D eigenvalue weighted by Gasteiger charge is -2.33. The molecule has 3 rings (SSSR count). The molecule has 1 unspecified atom stereocenters. The highest BCUT2D eigenvalue weighted by Gasteiger charge is 2.41. The number of quaternary nitrogens is 1. The monoisotopic (exact) mass is 183 g/mol. The van der Waals surface area contributed by atoms with Crippen molar-refractivity contribution in [2.24, 2.45) is 0 Å². The normalized spacial score (nSPS) is 28.1. The standard InChI is InChI=1S/C10H10BN3/c1-14-7-3-5-9(14)10(12)8-4-2-6-13(8)11-14/h2-7,12H,1H3/q+1. The molecular weight excluding hydrogens is 173 g/mol. The maximum absolute atomic E-state index is 8.08. The van der Waals surface area contributed by atoms with E-state index < -0.39 is 0 Å². The molecular formula is C10H10BN3+. The second kappa shape index (κ2) is 2.28. The van der Waals surface area contributed by atoms with Crippen LogP contribution in [0.5, 0.6) is 0 Å². The van der Waals surface area contributed by atoms with Gasteiger partial charge in [0.25, 0.3) is 0 Å². The van der Waals surface area contributed by atoms with Gasteiger partial charge in [0.2, 0.25) is 0 Å². The molecule has 0 fully saturated rings. The van der Waals surface area contributed by atoms with E-state index in [0.717, 1.165) is 11.4 Å². The van der Waals surface area contributed by atoms with Crippen LogP contribution in [-0.2, 0) is 0 Å². The average Bonchev–Trinajstić information content (AvgIpc) is 2.70. The van der Waals surface area contributed by atoms with Gasteiger partial charge in [-0.25, -0.2) is 0 Å². The van der Waals surface area contributed by atoms with Crippen molar-refractivity contribution in [3.05, 3.63) is 48.1 Å². The number of hydrogen-bond donors (Lipinski definition) is 1. The lowest BCUT2D eigenvalue weighted by atomic mass is 9.94. The van der Waals surface area contributed by atoms with Crippen LogP contribution in [0.4, 0.5) is 0 Å². The van der Waals surface area contributed by atoms with Crippen molar-refractivity contribution >= 4 is 13.3 Å². The third-order valence-electron chi connectivity index (χ3n) is 2.82. The van der Waals surface area contributed by atoms with Crippen LogP contribution in [0.1, 0.15) is 5.69 Å². The molecule has 1 atom stereocenters. The summed E-state index contributed by atoms with van der Waals surface area (Å²) in [6.07, 6.45) is 8.07. The van der Waals surface area contributed by atoms with Gasteiger partial charge in [0.05, 0.1) is 18.9 Å². The van der Waals surface area contributed by atoms with Crippen LogP contribution in [0.3, 0.4) is 0 Å². The third-order valence-corrected chi connectivity index (χ3v) is 2.82. The van der Waals surface area contributed by atoms with Crippen molar-refractivity contribution in [1.29, 1.82) is 5.41 Å². The molecule has 0 amide bonds. The summed E-state index contributed by atoms with van der Waals surface area (Å²) < 4.78 is 2.61. The van der Waals surface area contributed by atoms with E-state index in [2.05, 4.69) is 20.8 Å². The number of nitrogens with one attached hydrogen (secondary N) is 1. The van der Waals surface area contributed by atoms with Crippen molar-refractivity contribution < 1.29 is 4.39 Å². The molecule has 2 aliphatic rings. The summed E-state index contributed by atoms with van der Waals surface area (Å²) in [5, 5.41) is 8.08. The van der Waals surface area contributed by atoms with Gasteiger partial charge in [0.1, 0.15) is 11.4 Å². The van der Waals surface area contributed by atoms with E-state index in [1.807, 2.05) is 35.0 Å². The summed E-state index contributed by atoms with van der Waals surface area (Å²) >= 11 is 0. The van der Waals surface area contributed by atoms with Gasteiger partial charge in [-0.05, 0) is 24.4 Å². The molecule has 0 aromatic carbocycles. The van der Waals surface area contributed by atoms with E-state index in [9.17, 15) is 0 Å². The number of fused-ring (bicyclic) bond motifs is 2. The largest absolute Gasteiger partial charge is 0.613 e. The Labute approximate surface area is 83.3 Å². The number of rotatable bonds is 0. The zero-order valence-electron chi connectivity index (χ0n) is 7.94. The van der Waals surface area contributed by atoms with Crippen LogP contribution in [0.25, 0.3) is 0 Å². The first-order valence-electron chi connectivity index (χ1n) is 4.59. The van der Waals surface area contributed by atoms with Crippen molar-refractivity contribution in [2.45, 2.75) is 0 Å².